The normalized spacial score (nSPS) is 29.7. The molecule has 0 aromatic heterocycles. The Hall–Kier alpha value is -0.440. The Morgan fingerprint density at radius 1 is 1.62 bits per heavy atom. The molecule has 0 aromatic carbocycles. The maximum atomic E-state index is 13.0. The average molecular weight is 189 g/mol. The Labute approximate surface area is 78.0 Å². The number of halogens is 2. The van der Waals surface area contributed by atoms with Gasteiger partial charge in [-0.05, 0) is 25.7 Å². The summed E-state index contributed by atoms with van der Waals surface area (Å²) in [5.74, 6) is -2.59. The van der Waals surface area contributed by atoms with Crippen molar-refractivity contribution in [3.63, 3.8) is 0 Å². The lowest BCUT2D eigenvalue weighted by Gasteiger charge is -2.32. The van der Waals surface area contributed by atoms with Crippen LogP contribution in [0.1, 0.15) is 32.6 Å². The summed E-state index contributed by atoms with van der Waals surface area (Å²) in [6, 6.07) is -0.258. The molecule has 13 heavy (non-hydrogen) atoms. The molecule has 0 heterocycles. The van der Waals surface area contributed by atoms with Crippen molar-refractivity contribution in [2.24, 2.45) is 11.7 Å². The third-order valence-electron chi connectivity index (χ3n) is 2.76. The van der Waals surface area contributed by atoms with Crippen LogP contribution in [0, 0.1) is 5.92 Å². The van der Waals surface area contributed by atoms with E-state index in [9.17, 15) is 8.78 Å². The fourth-order valence-corrected chi connectivity index (χ4v) is 1.92. The average Bonchev–Trinajstić information content (AvgIpc) is 2.01. The largest absolute Gasteiger partial charge is 0.324 e. The third kappa shape index (κ3) is 2.76. The Bertz CT molecular complexity index is 201. The summed E-state index contributed by atoms with van der Waals surface area (Å²) >= 11 is 0. The molecule has 0 aromatic rings. The fraction of sp³-hybridized carbons (Fsp3) is 0.800. The van der Waals surface area contributed by atoms with Crippen molar-refractivity contribution in [3.8, 4) is 0 Å². The smallest absolute Gasteiger partial charge is 0.248 e. The molecule has 0 bridgehead atoms. The van der Waals surface area contributed by atoms with Crippen molar-refractivity contribution < 1.29 is 8.78 Å². The van der Waals surface area contributed by atoms with E-state index < -0.39 is 5.92 Å². The molecule has 1 rings (SSSR count). The molecule has 1 aliphatic carbocycles. The molecule has 1 nitrogen and oxygen atoms in total. The van der Waals surface area contributed by atoms with Gasteiger partial charge in [0.2, 0.25) is 5.92 Å². The molecule has 1 aliphatic rings. The van der Waals surface area contributed by atoms with Gasteiger partial charge < -0.3 is 5.73 Å². The van der Waals surface area contributed by atoms with Crippen LogP contribution in [0.5, 0.6) is 0 Å². The second kappa shape index (κ2) is 3.74. The van der Waals surface area contributed by atoms with Gasteiger partial charge in [0.15, 0.2) is 0 Å². The fourth-order valence-electron chi connectivity index (χ4n) is 1.92. The van der Waals surface area contributed by atoms with E-state index in [0.29, 0.717) is 6.42 Å². The van der Waals surface area contributed by atoms with E-state index in [1.807, 2.05) is 0 Å². The SMILES string of the molecule is C=C(C)C(N)C1CCCC(F)(F)C1. The molecule has 2 atom stereocenters. The zero-order valence-electron chi connectivity index (χ0n) is 8.02. The van der Waals surface area contributed by atoms with E-state index in [1.54, 1.807) is 6.92 Å². The number of hydrogen-bond acceptors (Lipinski definition) is 1. The highest BCUT2D eigenvalue weighted by Crippen LogP contribution is 2.38. The van der Waals surface area contributed by atoms with Crippen molar-refractivity contribution in [1.82, 2.24) is 0 Å². The topological polar surface area (TPSA) is 26.0 Å². The molecule has 3 heteroatoms. The first kappa shape index (κ1) is 10.6. The van der Waals surface area contributed by atoms with E-state index in [-0.39, 0.29) is 24.8 Å². The van der Waals surface area contributed by atoms with E-state index in [2.05, 4.69) is 6.58 Å². The van der Waals surface area contributed by atoms with Crippen LogP contribution in [0.15, 0.2) is 12.2 Å². The minimum Gasteiger partial charge on any atom is -0.324 e. The molecular formula is C10H17F2N. The van der Waals surface area contributed by atoms with Crippen LogP contribution < -0.4 is 5.73 Å². The second-order valence-corrected chi connectivity index (χ2v) is 4.08. The van der Waals surface area contributed by atoms with Crippen LogP contribution in [-0.4, -0.2) is 12.0 Å². The quantitative estimate of drug-likeness (QED) is 0.664. The highest BCUT2D eigenvalue weighted by atomic mass is 19.3. The molecular weight excluding hydrogens is 172 g/mol. The van der Waals surface area contributed by atoms with Crippen LogP contribution in [-0.2, 0) is 0 Å². The molecule has 1 fully saturated rings. The summed E-state index contributed by atoms with van der Waals surface area (Å²) in [6.45, 7) is 5.51. The number of alkyl halides is 2. The molecule has 76 valence electrons. The van der Waals surface area contributed by atoms with E-state index >= 15 is 0 Å². The van der Waals surface area contributed by atoms with Crippen molar-refractivity contribution in [2.45, 2.75) is 44.6 Å². The van der Waals surface area contributed by atoms with E-state index in [0.717, 1.165) is 12.0 Å². The molecule has 2 unspecified atom stereocenters. The minimum absolute atomic E-state index is 0.0202. The predicted molar refractivity (Wildman–Crippen MR) is 49.7 cm³/mol. The van der Waals surface area contributed by atoms with Crippen LogP contribution in [0.3, 0.4) is 0 Å². The number of hydrogen-bond donors (Lipinski definition) is 1. The van der Waals surface area contributed by atoms with Gasteiger partial charge in [-0.25, -0.2) is 8.78 Å². The molecule has 0 spiro atoms. The summed E-state index contributed by atoms with van der Waals surface area (Å²) < 4.78 is 26.0. The Balaban J connectivity index is 2.56. The predicted octanol–water partition coefficient (Wildman–Crippen LogP) is 2.72. The number of nitrogens with two attached hydrogens (primary N) is 1. The lowest BCUT2D eigenvalue weighted by atomic mass is 9.80. The zero-order valence-corrected chi connectivity index (χ0v) is 8.02. The Morgan fingerprint density at radius 2 is 2.23 bits per heavy atom. The van der Waals surface area contributed by atoms with Crippen LogP contribution in [0.25, 0.3) is 0 Å². The molecule has 0 radical (unpaired) electrons. The van der Waals surface area contributed by atoms with E-state index in [1.165, 1.54) is 0 Å². The summed E-state index contributed by atoms with van der Waals surface area (Å²) in [7, 11) is 0. The highest BCUT2D eigenvalue weighted by Gasteiger charge is 2.38. The van der Waals surface area contributed by atoms with Gasteiger partial charge in [0.05, 0.1) is 0 Å². The van der Waals surface area contributed by atoms with Crippen molar-refractivity contribution in [1.29, 1.82) is 0 Å². The summed E-state index contributed by atoms with van der Waals surface area (Å²) in [4.78, 5) is 0. The van der Waals surface area contributed by atoms with Crippen LogP contribution in [0.2, 0.25) is 0 Å². The summed E-state index contributed by atoms with van der Waals surface area (Å²) in [5, 5.41) is 0. The van der Waals surface area contributed by atoms with Gasteiger partial charge in [0, 0.05) is 18.9 Å². The first-order valence-electron chi connectivity index (χ1n) is 4.71. The Kier molecular flexibility index (Phi) is 3.06. The summed E-state index contributed by atoms with van der Waals surface area (Å²) in [6.07, 6.45) is 1.34. The summed E-state index contributed by atoms with van der Waals surface area (Å²) in [5.41, 5.74) is 6.59. The van der Waals surface area contributed by atoms with Gasteiger partial charge in [-0.1, -0.05) is 12.2 Å². The molecule has 2 N–H and O–H groups in total. The van der Waals surface area contributed by atoms with Crippen LogP contribution >= 0.6 is 0 Å². The minimum atomic E-state index is -2.50. The van der Waals surface area contributed by atoms with Crippen molar-refractivity contribution in [2.75, 3.05) is 0 Å². The van der Waals surface area contributed by atoms with E-state index in [4.69, 9.17) is 5.73 Å². The van der Waals surface area contributed by atoms with Gasteiger partial charge >= 0.3 is 0 Å². The Morgan fingerprint density at radius 3 is 2.69 bits per heavy atom. The monoisotopic (exact) mass is 189 g/mol. The highest BCUT2D eigenvalue weighted by molar-refractivity contribution is 5.04. The van der Waals surface area contributed by atoms with Gasteiger partial charge in [-0.15, -0.1) is 0 Å². The first-order valence-corrected chi connectivity index (χ1v) is 4.71. The molecule has 0 aliphatic heterocycles. The first-order chi connectivity index (χ1) is 5.92. The second-order valence-electron chi connectivity index (χ2n) is 4.08. The third-order valence-corrected chi connectivity index (χ3v) is 2.76. The maximum Gasteiger partial charge on any atom is 0.248 e. The lowest BCUT2D eigenvalue weighted by molar-refractivity contribution is -0.0544. The van der Waals surface area contributed by atoms with Gasteiger partial charge in [0.25, 0.3) is 0 Å². The van der Waals surface area contributed by atoms with Gasteiger partial charge in [-0.3, -0.25) is 0 Å². The van der Waals surface area contributed by atoms with Crippen LogP contribution in [0.4, 0.5) is 8.78 Å². The zero-order chi connectivity index (χ0) is 10.1. The van der Waals surface area contributed by atoms with Crippen molar-refractivity contribution >= 4 is 0 Å². The molecule has 0 amide bonds. The van der Waals surface area contributed by atoms with Gasteiger partial charge in [0.1, 0.15) is 0 Å². The lowest BCUT2D eigenvalue weighted by Crippen LogP contribution is -2.38. The molecule has 0 saturated heterocycles. The maximum absolute atomic E-state index is 13.0. The van der Waals surface area contributed by atoms with Crippen molar-refractivity contribution in [3.05, 3.63) is 12.2 Å². The standard InChI is InChI=1S/C10H17F2N/c1-7(2)9(13)8-4-3-5-10(11,12)6-8/h8-9H,1,3-6,13H2,2H3. The molecule has 1 saturated carbocycles. The number of rotatable bonds is 2. The van der Waals surface area contributed by atoms with Gasteiger partial charge in [-0.2, -0.15) is 0 Å².